The maximum Gasteiger partial charge on any atom is 0.251 e. The molecular formula is C13H16BrNO2. The molecule has 1 aliphatic heterocycles. The number of carbonyl (C=O) groups is 1. The Hall–Kier alpha value is -0.870. The zero-order valence-electron chi connectivity index (χ0n) is 9.83. The lowest BCUT2D eigenvalue weighted by Crippen LogP contribution is -2.29. The van der Waals surface area contributed by atoms with Crippen LogP contribution in [-0.2, 0) is 4.74 Å². The fourth-order valence-corrected chi connectivity index (χ4v) is 2.12. The third kappa shape index (κ3) is 3.30. The standard InChI is InChI=1S/C13H16BrNO2/c1-9-6-11(2-3-12(9)14)13(16)15-7-10-4-5-17-8-10/h2-3,6,10H,4-5,7-8H2,1H3,(H,15,16). The van der Waals surface area contributed by atoms with Crippen molar-refractivity contribution < 1.29 is 9.53 Å². The SMILES string of the molecule is Cc1cc(C(=O)NCC2CCOC2)ccc1Br. The van der Waals surface area contributed by atoms with Gasteiger partial charge in [-0.05, 0) is 37.1 Å². The summed E-state index contributed by atoms with van der Waals surface area (Å²) >= 11 is 3.42. The molecule has 1 unspecified atom stereocenters. The number of hydrogen-bond acceptors (Lipinski definition) is 2. The monoisotopic (exact) mass is 297 g/mol. The summed E-state index contributed by atoms with van der Waals surface area (Å²) in [5, 5.41) is 2.95. The molecular weight excluding hydrogens is 282 g/mol. The first-order valence-corrected chi connectivity index (χ1v) is 6.58. The summed E-state index contributed by atoms with van der Waals surface area (Å²) in [6.07, 6.45) is 1.04. The van der Waals surface area contributed by atoms with E-state index in [0.29, 0.717) is 18.0 Å². The molecule has 0 aliphatic carbocycles. The molecule has 0 bridgehead atoms. The summed E-state index contributed by atoms with van der Waals surface area (Å²) in [4.78, 5) is 11.9. The second-order valence-electron chi connectivity index (χ2n) is 4.40. The third-order valence-corrected chi connectivity index (χ3v) is 3.89. The van der Waals surface area contributed by atoms with Crippen LogP contribution in [0.1, 0.15) is 22.3 Å². The van der Waals surface area contributed by atoms with E-state index in [0.717, 1.165) is 29.7 Å². The molecule has 1 aromatic carbocycles. The number of aryl methyl sites for hydroxylation is 1. The highest BCUT2D eigenvalue weighted by Gasteiger charge is 2.16. The van der Waals surface area contributed by atoms with Crippen LogP contribution in [-0.4, -0.2) is 25.7 Å². The van der Waals surface area contributed by atoms with Crippen LogP contribution in [0.4, 0.5) is 0 Å². The van der Waals surface area contributed by atoms with Crippen molar-refractivity contribution in [1.82, 2.24) is 5.32 Å². The van der Waals surface area contributed by atoms with Gasteiger partial charge in [0.25, 0.3) is 5.91 Å². The van der Waals surface area contributed by atoms with Crippen molar-refractivity contribution in [3.8, 4) is 0 Å². The van der Waals surface area contributed by atoms with Crippen LogP contribution in [0.15, 0.2) is 22.7 Å². The van der Waals surface area contributed by atoms with E-state index < -0.39 is 0 Å². The van der Waals surface area contributed by atoms with E-state index in [1.807, 2.05) is 25.1 Å². The molecule has 1 saturated heterocycles. The third-order valence-electron chi connectivity index (χ3n) is 3.00. The number of nitrogens with one attached hydrogen (secondary N) is 1. The topological polar surface area (TPSA) is 38.3 Å². The van der Waals surface area contributed by atoms with E-state index >= 15 is 0 Å². The minimum Gasteiger partial charge on any atom is -0.381 e. The molecule has 2 rings (SSSR count). The molecule has 92 valence electrons. The Kier molecular flexibility index (Phi) is 4.18. The number of halogens is 1. The number of amides is 1. The van der Waals surface area contributed by atoms with Gasteiger partial charge in [0.2, 0.25) is 0 Å². The van der Waals surface area contributed by atoms with Gasteiger partial charge >= 0.3 is 0 Å². The predicted molar refractivity (Wildman–Crippen MR) is 70.1 cm³/mol. The number of benzene rings is 1. The normalized spacial score (nSPS) is 19.3. The molecule has 0 spiro atoms. The minimum atomic E-state index is -0.00694. The number of rotatable bonds is 3. The van der Waals surface area contributed by atoms with Crippen LogP contribution >= 0.6 is 15.9 Å². The molecule has 4 heteroatoms. The lowest BCUT2D eigenvalue weighted by atomic mass is 10.1. The molecule has 1 fully saturated rings. The molecule has 3 nitrogen and oxygen atoms in total. The van der Waals surface area contributed by atoms with E-state index in [4.69, 9.17) is 4.74 Å². The average molecular weight is 298 g/mol. The smallest absolute Gasteiger partial charge is 0.251 e. The van der Waals surface area contributed by atoms with Crippen LogP contribution in [0.5, 0.6) is 0 Å². The van der Waals surface area contributed by atoms with Crippen molar-refractivity contribution in [2.45, 2.75) is 13.3 Å². The van der Waals surface area contributed by atoms with Crippen molar-refractivity contribution in [3.63, 3.8) is 0 Å². The lowest BCUT2D eigenvalue weighted by molar-refractivity contribution is 0.0945. The Morgan fingerprint density at radius 2 is 2.41 bits per heavy atom. The summed E-state index contributed by atoms with van der Waals surface area (Å²) in [5.41, 5.74) is 1.78. The first-order chi connectivity index (χ1) is 8.16. The molecule has 1 heterocycles. The summed E-state index contributed by atoms with van der Waals surface area (Å²) < 4.78 is 6.30. The maximum atomic E-state index is 11.9. The summed E-state index contributed by atoms with van der Waals surface area (Å²) in [5.74, 6) is 0.461. The van der Waals surface area contributed by atoms with Gasteiger partial charge in [-0.25, -0.2) is 0 Å². The highest BCUT2D eigenvalue weighted by molar-refractivity contribution is 9.10. The molecule has 1 N–H and O–H groups in total. The quantitative estimate of drug-likeness (QED) is 0.931. The first-order valence-electron chi connectivity index (χ1n) is 5.79. The van der Waals surface area contributed by atoms with Crippen LogP contribution in [0.25, 0.3) is 0 Å². The predicted octanol–water partition coefficient (Wildman–Crippen LogP) is 2.52. The molecule has 1 aromatic rings. The molecule has 1 aliphatic rings. The van der Waals surface area contributed by atoms with Crippen LogP contribution in [0.3, 0.4) is 0 Å². The van der Waals surface area contributed by atoms with Gasteiger partial charge in [0.1, 0.15) is 0 Å². The molecule has 1 amide bonds. The van der Waals surface area contributed by atoms with Crippen LogP contribution in [0.2, 0.25) is 0 Å². The van der Waals surface area contributed by atoms with Gasteiger partial charge in [-0.3, -0.25) is 4.79 Å². The van der Waals surface area contributed by atoms with Gasteiger partial charge in [-0.15, -0.1) is 0 Å². The van der Waals surface area contributed by atoms with Gasteiger partial charge in [0, 0.05) is 29.1 Å². The van der Waals surface area contributed by atoms with Gasteiger partial charge in [-0.2, -0.15) is 0 Å². The van der Waals surface area contributed by atoms with Crippen LogP contribution in [0, 0.1) is 12.8 Å². The minimum absolute atomic E-state index is 0.00694. The summed E-state index contributed by atoms with van der Waals surface area (Å²) in [6.45, 7) is 4.26. The molecule has 1 atom stereocenters. The van der Waals surface area contributed by atoms with Gasteiger partial charge in [-0.1, -0.05) is 15.9 Å². The zero-order chi connectivity index (χ0) is 12.3. The molecule has 0 radical (unpaired) electrons. The van der Waals surface area contributed by atoms with E-state index in [2.05, 4.69) is 21.2 Å². The molecule has 0 aromatic heterocycles. The first kappa shape index (κ1) is 12.6. The van der Waals surface area contributed by atoms with Gasteiger partial charge < -0.3 is 10.1 Å². The second kappa shape index (κ2) is 5.65. The number of carbonyl (C=O) groups excluding carboxylic acids is 1. The molecule has 0 saturated carbocycles. The highest BCUT2D eigenvalue weighted by Crippen LogP contribution is 2.17. The van der Waals surface area contributed by atoms with Crippen molar-refractivity contribution in [2.75, 3.05) is 19.8 Å². The van der Waals surface area contributed by atoms with Gasteiger partial charge in [0.15, 0.2) is 0 Å². The van der Waals surface area contributed by atoms with Crippen molar-refractivity contribution in [3.05, 3.63) is 33.8 Å². The van der Waals surface area contributed by atoms with Gasteiger partial charge in [0.05, 0.1) is 6.61 Å². The Morgan fingerprint density at radius 1 is 1.59 bits per heavy atom. The second-order valence-corrected chi connectivity index (χ2v) is 5.26. The Balaban J connectivity index is 1.92. The summed E-state index contributed by atoms with van der Waals surface area (Å²) in [6, 6.07) is 5.63. The summed E-state index contributed by atoms with van der Waals surface area (Å²) in [7, 11) is 0. The number of ether oxygens (including phenoxy) is 1. The van der Waals surface area contributed by atoms with Crippen molar-refractivity contribution >= 4 is 21.8 Å². The van der Waals surface area contributed by atoms with E-state index in [9.17, 15) is 4.79 Å². The lowest BCUT2D eigenvalue weighted by Gasteiger charge is -2.10. The highest BCUT2D eigenvalue weighted by atomic mass is 79.9. The Bertz CT molecular complexity index is 414. The van der Waals surface area contributed by atoms with E-state index in [-0.39, 0.29) is 5.91 Å². The fourth-order valence-electron chi connectivity index (χ4n) is 1.87. The zero-order valence-corrected chi connectivity index (χ0v) is 11.4. The van der Waals surface area contributed by atoms with Crippen molar-refractivity contribution in [1.29, 1.82) is 0 Å². The largest absolute Gasteiger partial charge is 0.381 e. The maximum absolute atomic E-state index is 11.9. The Labute approximate surface area is 110 Å². The Morgan fingerprint density at radius 3 is 3.06 bits per heavy atom. The van der Waals surface area contributed by atoms with E-state index in [1.54, 1.807) is 0 Å². The number of hydrogen-bond donors (Lipinski definition) is 1. The molecule has 17 heavy (non-hydrogen) atoms. The average Bonchev–Trinajstić information content (AvgIpc) is 2.82. The van der Waals surface area contributed by atoms with Crippen molar-refractivity contribution in [2.24, 2.45) is 5.92 Å². The van der Waals surface area contributed by atoms with Crippen LogP contribution < -0.4 is 5.32 Å². The van der Waals surface area contributed by atoms with E-state index in [1.165, 1.54) is 0 Å². The fraction of sp³-hybridized carbons (Fsp3) is 0.462.